The zero-order chi connectivity index (χ0) is 16.4. The molecule has 2 amide bonds. The molecule has 0 spiro atoms. The molecular formula is C16H23N3O3. The molecule has 1 unspecified atom stereocenters. The van der Waals surface area contributed by atoms with E-state index in [1.807, 2.05) is 25.1 Å². The van der Waals surface area contributed by atoms with Gasteiger partial charge in [-0.05, 0) is 32.4 Å². The first-order valence-electron chi connectivity index (χ1n) is 7.41. The van der Waals surface area contributed by atoms with Crippen LogP contribution in [0.5, 0.6) is 0 Å². The average Bonchev–Trinajstić information content (AvgIpc) is 2.51. The maximum atomic E-state index is 11.9. The molecule has 0 radical (unpaired) electrons. The summed E-state index contributed by atoms with van der Waals surface area (Å²) in [5, 5.41) is 6.65. The molecule has 0 saturated heterocycles. The number of rotatable bonds is 7. The first-order valence-corrected chi connectivity index (χ1v) is 7.41. The predicted molar refractivity (Wildman–Crippen MR) is 86.7 cm³/mol. The molecule has 22 heavy (non-hydrogen) atoms. The molecule has 6 heteroatoms. The van der Waals surface area contributed by atoms with Gasteiger partial charge in [-0.2, -0.15) is 5.10 Å². The largest absolute Gasteiger partial charge is 0.465 e. The van der Waals surface area contributed by atoms with E-state index in [1.165, 1.54) is 0 Å². The van der Waals surface area contributed by atoms with E-state index in [9.17, 15) is 9.59 Å². The highest BCUT2D eigenvalue weighted by atomic mass is 16.5. The third kappa shape index (κ3) is 5.95. The van der Waals surface area contributed by atoms with E-state index in [-0.39, 0.29) is 5.97 Å². The minimum atomic E-state index is -0.454. The van der Waals surface area contributed by atoms with Crippen LogP contribution in [0.4, 0.5) is 10.5 Å². The predicted octanol–water partition coefficient (Wildman–Crippen LogP) is 3.16. The molecule has 1 rings (SSSR count). The molecule has 0 aliphatic heterocycles. The van der Waals surface area contributed by atoms with Gasteiger partial charge in [-0.1, -0.05) is 31.5 Å². The summed E-state index contributed by atoms with van der Waals surface area (Å²) in [6.45, 7) is 5.78. The van der Waals surface area contributed by atoms with Crippen LogP contribution < -0.4 is 10.7 Å². The number of esters is 1. The van der Waals surface area contributed by atoms with Crippen LogP contribution >= 0.6 is 0 Å². The molecule has 0 heterocycles. The Balaban J connectivity index is 2.61. The van der Waals surface area contributed by atoms with Gasteiger partial charge >= 0.3 is 12.0 Å². The zero-order valence-corrected chi connectivity index (χ0v) is 13.3. The van der Waals surface area contributed by atoms with Crippen LogP contribution in [-0.2, 0) is 9.53 Å². The molecule has 0 aliphatic carbocycles. The van der Waals surface area contributed by atoms with Crippen molar-refractivity contribution >= 4 is 23.4 Å². The number of carbonyl (C=O) groups excluding carboxylic acids is 2. The van der Waals surface area contributed by atoms with Crippen LogP contribution in [0.3, 0.4) is 0 Å². The second-order valence-electron chi connectivity index (χ2n) is 4.78. The van der Waals surface area contributed by atoms with Crippen LogP contribution in [0, 0.1) is 5.92 Å². The molecule has 6 nitrogen and oxygen atoms in total. The van der Waals surface area contributed by atoms with E-state index in [0.29, 0.717) is 24.4 Å². The summed E-state index contributed by atoms with van der Waals surface area (Å²) in [7, 11) is 0. The molecule has 0 aromatic heterocycles. The van der Waals surface area contributed by atoms with Gasteiger partial charge in [0.1, 0.15) is 0 Å². The summed E-state index contributed by atoms with van der Waals surface area (Å²) in [6, 6.07) is 8.60. The summed E-state index contributed by atoms with van der Waals surface area (Å²) in [5.41, 5.74) is 3.60. The van der Waals surface area contributed by atoms with Crippen molar-refractivity contribution in [3.63, 3.8) is 0 Å². The number of amides is 2. The number of carbonyl (C=O) groups is 2. The highest BCUT2D eigenvalue weighted by Gasteiger charge is 2.22. The monoisotopic (exact) mass is 305 g/mol. The number of hydrazone groups is 1. The SMILES string of the molecule is CCCC(C(=O)OCC)/C(C)=N/NC(=O)Nc1ccccc1. The van der Waals surface area contributed by atoms with Crippen LogP contribution in [-0.4, -0.2) is 24.3 Å². The molecule has 0 fully saturated rings. The summed E-state index contributed by atoms with van der Waals surface area (Å²) in [6.07, 6.45) is 1.46. The fourth-order valence-corrected chi connectivity index (χ4v) is 1.93. The first-order chi connectivity index (χ1) is 10.6. The lowest BCUT2D eigenvalue weighted by Crippen LogP contribution is -2.29. The lowest BCUT2D eigenvalue weighted by atomic mass is 9.99. The highest BCUT2D eigenvalue weighted by molar-refractivity contribution is 6.01. The number of benzene rings is 1. The molecule has 1 atom stereocenters. The number of ether oxygens (including phenoxy) is 1. The summed E-state index contributed by atoms with van der Waals surface area (Å²) < 4.78 is 5.03. The number of para-hydroxylation sites is 1. The van der Waals surface area contributed by atoms with Crippen LogP contribution in [0.2, 0.25) is 0 Å². The van der Waals surface area contributed by atoms with Gasteiger partial charge in [0.25, 0.3) is 0 Å². The van der Waals surface area contributed by atoms with Gasteiger partial charge in [0.15, 0.2) is 0 Å². The number of hydrogen-bond donors (Lipinski definition) is 2. The maximum absolute atomic E-state index is 11.9. The number of hydrogen-bond acceptors (Lipinski definition) is 4. The number of urea groups is 1. The van der Waals surface area contributed by atoms with Crippen LogP contribution in [0.15, 0.2) is 35.4 Å². The van der Waals surface area contributed by atoms with Crippen LogP contribution in [0.25, 0.3) is 0 Å². The molecule has 0 saturated carbocycles. The van der Waals surface area contributed by atoms with Gasteiger partial charge in [0.2, 0.25) is 0 Å². The lowest BCUT2D eigenvalue weighted by molar-refractivity contribution is -0.145. The third-order valence-electron chi connectivity index (χ3n) is 3.02. The Hall–Kier alpha value is -2.37. The quantitative estimate of drug-likeness (QED) is 0.461. The van der Waals surface area contributed by atoms with Gasteiger partial charge in [0, 0.05) is 11.4 Å². The Morgan fingerprint density at radius 1 is 1.23 bits per heavy atom. The summed E-state index contributed by atoms with van der Waals surface area (Å²) in [5.74, 6) is -0.738. The Labute approximate surface area is 130 Å². The second kappa shape index (κ2) is 9.55. The molecule has 120 valence electrons. The maximum Gasteiger partial charge on any atom is 0.339 e. The molecule has 1 aromatic rings. The molecule has 1 aromatic carbocycles. The molecule has 0 bridgehead atoms. The first kappa shape index (κ1) is 17.7. The zero-order valence-electron chi connectivity index (χ0n) is 13.3. The minimum Gasteiger partial charge on any atom is -0.465 e. The fraction of sp³-hybridized carbons (Fsp3) is 0.438. The van der Waals surface area contributed by atoms with Crippen LogP contribution in [0.1, 0.15) is 33.6 Å². The van der Waals surface area contributed by atoms with Crippen molar-refractivity contribution in [2.24, 2.45) is 11.0 Å². The minimum absolute atomic E-state index is 0.309. The second-order valence-corrected chi connectivity index (χ2v) is 4.78. The summed E-state index contributed by atoms with van der Waals surface area (Å²) in [4.78, 5) is 23.6. The number of anilines is 1. The van der Waals surface area contributed by atoms with Crippen molar-refractivity contribution < 1.29 is 14.3 Å². The number of nitrogens with one attached hydrogen (secondary N) is 2. The lowest BCUT2D eigenvalue weighted by Gasteiger charge is -2.14. The Kier molecular flexibility index (Phi) is 7.67. The van der Waals surface area contributed by atoms with Crippen molar-refractivity contribution in [3.8, 4) is 0 Å². The summed E-state index contributed by atoms with van der Waals surface area (Å²) >= 11 is 0. The normalized spacial score (nSPS) is 12.4. The smallest absolute Gasteiger partial charge is 0.339 e. The molecule has 0 aliphatic rings. The van der Waals surface area contributed by atoms with Gasteiger partial charge in [-0.3, -0.25) is 4.79 Å². The van der Waals surface area contributed by atoms with E-state index in [4.69, 9.17) is 4.74 Å². The van der Waals surface area contributed by atoms with E-state index in [0.717, 1.165) is 6.42 Å². The van der Waals surface area contributed by atoms with E-state index < -0.39 is 11.9 Å². The topological polar surface area (TPSA) is 79.8 Å². The highest BCUT2D eigenvalue weighted by Crippen LogP contribution is 2.11. The van der Waals surface area contributed by atoms with Gasteiger partial charge < -0.3 is 10.1 Å². The van der Waals surface area contributed by atoms with Gasteiger partial charge in [-0.15, -0.1) is 0 Å². The third-order valence-corrected chi connectivity index (χ3v) is 3.02. The van der Waals surface area contributed by atoms with Crippen molar-refractivity contribution in [1.82, 2.24) is 5.43 Å². The average molecular weight is 305 g/mol. The van der Waals surface area contributed by atoms with E-state index >= 15 is 0 Å². The fourth-order valence-electron chi connectivity index (χ4n) is 1.93. The molecular weight excluding hydrogens is 282 g/mol. The van der Waals surface area contributed by atoms with Crippen molar-refractivity contribution in [2.75, 3.05) is 11.9 Å². The van der Waals surface area contributed by atoms with Gasteiger partial charge in [0.05, 0.1) is 12.5 Å². The van der Waals surface area contributed by atoms with Crippen molar-refractivity contribution in [3.05, 3.63) is 30.3 Å². The molecule has 2 N–H and O–H groups in total. The van der Waals surface area contributed by atoms with E-state index in [1.54, 1.807) is 26.0 Å². The number of nitrogens with zero attached hydrogens (tertiary/aromatic N) is 1. The standard InChI is InChI=1S/C16H23N3O3/c1-4-9-14(15(20)22-5-2)12(3)18-19-16(21)17-13-10-7-6-8-11-13/h6-8,10-11,14H,4-5,9H2,1-3H3,(H2,17,19,21)/b18-12+. The Morgan fingerprint density at radius 3 is 2.50 bits per heavy atom. The van der Waals surface area contributed by atoms with Gasteiger partial charge in [-0.25, -0.2) is 10.2 Å². The van der Waals surface area contributed by atoms with Crippen molar-refractivity contribution in [2.45, 2.75) is 33.6 Å². The van der Waals surface area contributed by atoms with Crippen molar-refractivity contribution in [1.29, 1.82) is 0 Å². The Bertz CT molecular complexity index is 515. The van der Waals surface area contributed by atoms with E-state index in [2.05, 4.69) is 15.8 Å². The Morgan fingerprint density at radius 2 is 1.91 bits per heavy atom.